The highest BCUT2D eigenvalue weighted by Crippen LogP contribution is 2.62. The second-order valence-electron chi connectivity index (χ2n) is 10.5. The molecular formula is C23H39NO6S. The van der Waals surface area contributed by atoms with E-state index in [1.54, 1.807) is 19.9 Å². The summed E-state index contributed by atoms with van der Waals surface area (Å²) in [6.45, 7) is 11.7. The number of nitrogens with one attached hydrogen (secondary N) is 1. The number of carbonyl (C=O) groups excluding carboxylic acids is 1. The second-order valence-corrected chi connectivity index (χ2v) is 12.0. The SMILES string of the molecule is C=C1CC[C@@H]2[C@](C)(CCC[C@@]2(C)/C=C/[C@H](O)C(C)(C)O)[C@H]1CC(=O)NCCS(=O)(=O)O. The summed E-state index contributed by atoms with van der Waals surface area (Å²) in [5, 5.41) is 23.0. The first-order valence-electron chi connectivity index (χ1n) is 11.1. The maximum absolute atomic E-state index is 12.5. The van der Waals surface area contributed by atoms with Crippen LogP contribution in [0.2, 0.25) is 0 Å². The summed E-state index contributed by atoms with van der Waals surface area (Å²) in [5.74, 6) is -0.474. The molecule has 31 heavy (non-hydrogen) atoms. The first-order valence-corrected chi connectivity index (χ1v) is 12.7. The Balaban J connectivity index is 2.19. The summed E-state index contributed by atoms with van der Waals surface area (Å²) in [4.78, 5) is 12.5. The highest BCUT2D eigenvalue weighted by atomic mass is 32.2. The van der Waals surface area contributed by atoms with Crippen LogP contribution in [0.4, 0.5) is 0 Å². The molecule has 0 aromatic rings. The van der Waals surface area contributed by atoms with Gasteiger partial charge in [0.05, 0.1) is 11.4 Å². The third-order valence-electron chi connectivity index (χ3n) is 7.52. The van der Waals surface area contributed by atoms with E-state index >= 15 is 0 Å². The summed E-state index contributed by atoms with van der Waals surface area (Å²) in [7, 11) is -4.11. The van der Waals surface area contributed by atoms with Crippen LogP contribution in [0.25, 0.3) is 0 Å². The van der Waals surface area contributed by atoms with Crippen molar-refractivity contribution in [1.29, 1.82) is 0 Å². The first kappa shape index (κ1) is 26.0. The van der Waals surface area contributed by atoms with Gasteiger partial charge < -0.3 is 15.5 Å². The lowest BCUT2D eigenvalue weighted by molar-refractivity contribution is -0.124. The van der Waals surface area contributed by atoms with E-state index in [4.69, 9.17) is 4.55 Å². The van der Waals surface area contributed by atoms with Gasteiger partial charge in [-0.15, -0.1) is 0 Å². The molecule has 4 N–H and O–H groups in total. The van der Waals surface area contributed by atoms with Crippen LogP contribution in [0.3, 0.4) is 0 Å². The van der Waals surface area contributed by atoms with E-state index in [9.17, 15) is 23.4 Å². The van der Waals surface area contributed by atoms with E-state index in [1.807, 2.05) is 0 Å². The highest BCUT2D eigenvalue weighted by molar-refractivity contribution is 7.85. The maximum Gasteiger partial charge on any atom is 0.266 e. The average Bonchev–Trinajstić information content (AvgIpc) is 2.61. The molecule has 2 rings (SSSR count). The lowest BCUT2D eigenvalue weighted by Gasteiger charge is -2.58. The van der Waals surface area contributed by atoms with Crippen molar-refractivity contribution in [2.75, 3.05) is 12.3 Å². The zero-order valence-corrected chi connectivity index (χ0v) is 20.0. The fourth-order valence-electron chi connectivity index (χ4n) is 5.70. The van der Waals surface area contributed by atoms with E-state index in [0.717, 1.165) is 37.7 Å². The van der Waals surface area contributed by atoms with Crippen LogP contribution in [0, 0.1) is 22.7 Å². The van der Waals surface area contributed by atoms with Gasteiger partial charge in [0, 0.05) is 13.0 Å². The van der Waals surface area contributed by atoms with Gasteiger partial charge in [0.2, 0.25) is 5.91 Å². The first-order chi connectivity index (χ1) is 14.1. The third-order valence-corrected chi connectivity index (χ3v) is 8.24. The predicted octanol–water partition coefficient (Wildman–Crippen LogP) is 2.85. The van der Waals surface area contributed by atoms with Gasteiger partial charge in [-0.2, -0.15) is 8.42 Å². The molecule has 2 saturated carbocycles. The van der Waals surface area contributed by atoms with Crippen molar-refractivity contribution in [3.63, 3.8) is 0 Å². The van der Waals surface area contributed by atoms with Crippen LogP contribution in [-0.4, -0.2) is 53.1 Å². The summed E-state index contributed by atoms with van der Waals surface area (Å²) in [6, 6.07) is 0. The molecule has 7 nitrogen and oxygen atoms in total. The van der Waals surface area contributed by atoms with E-state index in [-0.39, 0.29) is 35.6 Å². The van der Waals surface area contributed by atoms with Gasteiger partial charge in [0.1, 0.15) is 6.10 Å². The molecule has 0 bridgehead atoms. The molecule has 0 aromatic carbocycles. The Morgan fingerprint density at radius 2 is 2.00 bits per heavy atom. The van der Waals surface area contributed by atoms with E-state index in [0.29, 0.717) is 5.92 Å². The van der Waals surface area contributed by atoms with Gasteiger partial charge in [-0.25, -0.2) is 0 Å². The largest absolute Gasteiger partial charge is 0.387 e. The maximum atomic E-state index is 12.5. The normalized spacial score (nSPS) is 33.2. The Hall–Kier alpha value is -1.22. The van der Waals surface area contributed by atoms with Gasteiger partial charge in [-0.05, 0) is 62.2 Å². The molecule has 0 aromatic heterocycles. The molecule has 0 radical (unpaired) electrons. The van der Waals surface area contributed by atoms with Crippen LogP contribution in [0.1, 0.15) is 66.2 Å². The van der Waals surface area contributed by atoms with Crippen molar-refractivity contribution >= 4 is 16.0 Å². The second kappa shape index (κ2) is 9.33. The summed E-state index contributed by atoms with van der Waals surface area (Å²) in [5.41, 5.74) is -0.478. The molecule has 0 spiro atoms. The Bertz CT molecular complexity index is 814. The van der Waals surface area contributed by atoms with Crippen molar-refractivity contribution in [2.24, 2.45) is 22.7 Å². The Morgan fingerprint density at radius 3 is 2.58 bits per heavy atom. The highest BCUT2D eigenvalue weighted by Gasteiger charge is 2.54. The average molecular weight is 458 g/mol. The lowest BCUT2D eigenvalue weighted by atomic mass is 9.46. The molecule has 0 unspecified atom stereocenters. The quantitative estimate of drug-likeness (QED) is 0.328. The standard InChI is InChI=1S/C23H39NO6S/c1-16-7-8-18-22(4,12-9-19(25)21(2,3)27)10-6-11-23(18,5)17(16)15-20(26)24-13-14-31(28,29)30/h9,12,17-19,25,27H,1,6-8,10-11,13-15H2,2-5H3,(H,24,26)(H,28,29,30)/b12-9+/t17-,18-,19-,22-,23+/m0/s1. The molecule has 1 amide bonds. The molecule has 2 aliphatic rings. The summed E-state index contributed by atoms with van der Waals surface area (Å²) in [6.07, 6.45) is 7.74. The number of carbonyl (C=O) groups is 1. The Morgan fingerprint density at radius 1 is 1.35 bits per heavy atom. The fourth-order valence-corrected chi connectivity index (χ4v) is 6.06. The fraction of sp³-hybridized carbons (Fsp3) is 0.783. The Labute approximate surface area is 186 Å². The smallest absolute Gasteiger partial charge is 0.266 e. The number of fused-ring (bicyclic) bond motifs is 1. The number of amides is 1. The third kappa shape index (κ3) is 6.40. The van der Waals surface area contributed by atoms with Crippen molar-refractivity contribution in [1.82, 2.24) is 5.32 Å². The molecule has 0 saturated heterocycles. The van der Waals surface area contributed by atoms with Crippen LogP contribution in [0.15, 0.2) is 24.3 Å². The van der Waals surface area contributed by atoms with Crippen LogP contribution in [-0.2, 0) is 14.9 Å². The molecule has 8 heteroatoms. The van der Waals surface area contributed by atoms with Crippen molar-refractivity contribution in [3.05, 3.63) is 24.3 Å². The molecule has 0 aliphatic heterocycles. The lowest BCUT2D eigenvalue weighted by Crippen LogP contribution is -2.51. The molecule has 2 aliphatic carbocycles. The van der Waals surface area contributed by atoms with Gasteiger partial charge in [0.25, 0.3) is 10.1 Å². The van der Waals surface area contributed by atoms with Crippen LogP contribution < -0.4 is 5.32 Å². The molecule has 5 atom stereocenters. The number of rotatable bonds is 8. The number of hydrogen-bond acceptors (Lipinski definition) is 5. The number of hydrogen-bond donors (Lipinski definition) is 4. The van der Waals surface area contributed by atoms with Crippen molar-refractivity contribution in [2.45, 2.75) is 77.9 Å². The van der Waals surface area contributed by atoms with E-state index in [2.05, 4.69) is 31.8 Å². The minimum Gasteiger partial charge on any atom is -0.387 e. The van der Waals surface area contributed by atoms with Crippen LogP contribution >= 0.6 is 0 Å². The molecule has 178 valence electrons. The van der Waals surface area contributed by atoms with Crippen molar-refractivity contribution in [3.8, 4) is 0 Å². The molecule has 2 fully saturated rings. The van der Waals surface area contributed by atoms with Crippen molar-refractivity contribution < 1.29 is 28.0 Å². The predicted molar refractivity (Wildman–Crippen MR) is 121 cm³/mol. The minimum absolute atomic E-state index is 0.0239. The van der Waals surface area contributed by atoms with Gasteiger partial charge in [0.15, 0.2) is 0 Å². The van der Waals surface area contributed by atoms with Gasteiger partial charge >= 0.3 is 0 Å². The van der Waals surface area contributed by atoms with Gasteiger partial charge in [-0.1, -0.05) is 44.6 Å². The summed E-state index contributed by atoms with van der Waals surface area (Å²) >= 11 is 0. The number of aliphatic hydroxyl groups is 2. The van der Waals surface area contributed by atoms with Gasteiger partial charge in [-0.3, -0.25) is 9.35 Å². The monoisotopic (exact) mass is 457 g/mol. The summed E-state index contributed by atoms with van der Waals surface area (Å²) < 4.78 is 30.6. The molecule has 0 heterocycles. The topological polar surface area (TPSA) is 124 Å². The van der Waals surface area contributed by atoms with E-state index < -0.39 is 27.6 Å². The Kier molecular flexibility index (Phi) is 7.84. The zero-order chi connectivity index (χ0) is 23.7. The van der Waals surface area contributed by atoms with Crippen LogP contribution in [0.5, 0.6) is 0 Å². The minimum atomic E-state index is -4.11. The zero-order valence-electron chi connectivity index (χ0n) is 19.2. The number of allylic oxidation sites excluding steroid dienone is 2. The number of aliphatic hydroxyl groups excluding tert-OH is 1. The van der Waals surface area contributed by atoms with E-state index in [1.165, 1.54) is 0 Å². The molecular weight excluding hydrogens is 418 g/mol.